The molecule has 2 aromatic heterocycles. The van der Waals surface area contributed by atoms with E-state index in [1.165, 1.54) is 56.4 Å². The zero-order valence-electron chi connectivity index (χ0n) is 57.5. The van der Waals surface area contributed by atoms with Crippen molar-refractivity contribution in [1.82, 2.24) is 60.1 Å². The summed E-state index contributed by atoms with van der Waals surface area (Å²) in [6.07, 6.45) is 5.92. The summed E-state index contributed by atoms with van der Waals surface area (Å²) < 4.78 is 69.8. The van der Waals surface area contributed by atoms with E-state index in [4.69, 9.17) is 18.9 Å². The molecule has 13 N–H and O–H groups in total. The fourth-order valence-corrected chi connectivity index (χ4v) is 13.0. The Balaban J connectivity index is 0.840. The van der Waals surface area contributed by atoms with Crippen LogP contribution in [0.5, 0.6) is 11.5 Å². The minimum absolute atomic E-state index is 0.0530. The summed E-state index contributed by atoms with van der Waals surface area (Å²) in [5, 5.41) is 52.8. The first-order valence-electron chi connectivity index (χ1n) is 33.1. The average molecular weight is 1490 g/mol. The van der Waals surface area contributed by atoms with Gasteiger partial charge in [0.25, 0.3) is 5.91 Å². The maximum atomic E-state index is 13.8. The van der Waals surface area contributed by atoms with Crippen molar-refractivity contribution >= 4 is 82.2 Å². The zero-order valence-corrected chi connectivity index (χ0v) is 59.3. The number of phosphoric acid groups is 1. The summed E-state index contributed by atoms with van der Waals surface area (Å²) >= 11 is 0. The number of carbonyl (C=O) groups is 8. The van der Waals surface area contributed by atoms with Gasteiger partial charge in [0.1, 0.15) is 29.1 Å². The number of aliphatic carboxylic acids is 4. The second-order valence-electron chi connectivity index (χ2n) is 24.2. The van der Waals surface area contributed by atoms with Crippen molar-refractivity contribution in [2.24, 2.45) is 7.05 Å². The number of hydrogen-bond acceptors (Lipinski definition) is 23. The SMILES string of the molecule is Cc1cc(OCCCC(=O)NCCCOCCOCCOCCCNC(=O)[C@@H](Cc2ccc(OP(=O)(O)O)cc2)NC(=O)CN2CCN(CC(=O)O)CCN(CC(=O)O)CCN(CC(=O)O)CC2)cc(C)c1S(=O)(=O)N[C@@H](CNC(=O)c1cn(C)c2cc(CNc3ncc[nH]3)ccc2c1=O)C(=O)O. The molecule has 4 amide bonds. The Morgan fingerprint density at radius 3 is 1.70 bits per heavy atom. The van der Waals surface area contributed by atoms with Gasteiger partial charge in [0.2, 0.25) is 33.2 Å². The number of H-pyrrole nitrogens is 1. The van der Waals surface area contributed by atoms with Gasteiger partial charge in [-0.2, -0.15) is 4.72 Å². The van der Waals surface area contributed by atoms with Gasteiger partial charge in [-0.15, -0.1) is 0 Å². The number of carbonyl (C=O) groups excluding carboxylic acids is 4. The summed E-state index contributed by atoms with van der Waals surface area (Å²) in [5.41, 5.74) is 1.50. The van der Waals surface area contributed by atoms with E-state index >= 15 is 0 Å². The number of nitrogens with zero attached hydrogens (tertiary/aromatic N) is 6. The first kappa shape index (κ1) is 83.0. The highest BCUT2D eigenvalue weighted by molar-refractivity contribution is 7.89. The number of sulfonamides is 1. The van der Waals surface area contributed by atoms with E-state index in [9.17, 15) is 86.3 Å². The number of aromatic amines is 1. The molecule has 3 aromatic carbocycles. The van der Waals surface area contributed by atoms with E-state index in [-0.39, 0.29) is 176 Å². The number of carboxylic acids is 4. The zero-order chi connectivity index (χ0) is 75.1. The molecule has 0 spiro atoms. The van der Waals surface area contributed by atoms with Gasteiger partial charge in [-0.3, -0.25) is 72.5 Å². The minimum Gasteiger partial charge on any atom is -0.494 e. The number of phosphoric ester groups is 1. The van der Waals surface area contributed by atoms with Crippen LogP contribution in [-0.4, -0.2) is 277 Å². The van der Waals surface area contributed by atoms with Crippen LogP contribution in [0, 0.1) is 13.8 Å². The number of carboxylic acid groups (broad SMARTS) is 4. The van der Waals surface area contributed by atoms with Crippen molar-refractivity contribution < 1.29 is 105 Å². The van der Waals surface area contributed by atoms with Gasteiger partial charge in [-0.05, 0) is 91.8 Å². The number of fused-ring (bicyclic) bond motifs is 1. The van der Waals surface area contributed by atoms with Crippen LogP contribution in [0.15, 0.2) is 82.9 Å². The van der Waals surface area contributed by atoms with Gasteiger partial charge >= 0.3 is 31.7 Å². The second kappa shape index (κ2) is 42.0. The summed E-state index contributed by atoms with van der Waals surface area (Å²) in [5.74, 6) is -6.39. The van der Waals surface area contributed by atoms with Crippen molar-refractivity contribution in [2.45, 2.75) is 69.5 Å². The minimum atomic E-state index is -4.86. The maximum Gasteiger partial charge on any atom is 0.524 e. The lowest BCUT2D eigenvalue weighted by Gasteiger charge is -2.33. The largest absolute Gasteiger partial charge is 0.524 e. The van der Waals surface area contributed by atoms with Crippen LogP contribution < -0.4 is 46.0 Å². The van der Waals surface area contributed by atoms with E-state index in [2.05, 4.69) is 45.8 Å². The van der Waals surface area contributed by atoms with Crippen LogP contribution in [0.25, 0.3) is 10.9 Å². The average Bonchev–Trinajstić information content (AvgIpc) is 0.983. The molecular formula is C65H92N13O23PS. The molecule has 6 rings (SSSR count). The van der Waals surface area contributed by atoms with Crippen molar-refractivity contribution in [3.05, 3.63) is 111 Å². The third kappa shape index (κ3) is 30.1. The van der Waals surface area contributed by atoms with Crippen LogP contribution in [0.4, 0.5) is 5.95 Å². The van der Waals surface area contributed by atoms with Crippen molar-refractivity contribution in [3.63, 3.8) is 0 Å². The lowest BCUT2D eigenvalue weighted by molar-refractivity contribution is -0.140. The van der Waals surface area contributed by atoms with Gasteiger partial charge < -0.3 is 80.0 Å². The molecule has 0 unspecified atom stereocenters. The van der Waals surface area contributed by atoms with E-state index in [1.807, 2.05) is 0 Å². The fourth-order valence-electron chi connectivity index (χ4n) is 10.9. The first-order chi connectivity index (χ1) is 49.0. The number of imidazole rings is 1. The van der Waals surface area contributed by atoms with Crippen LogP contribution in [-0.2, 0) is 82.4 Å². The predicted octanol–water partition coefficient (Wildman–Crippen LogP) is -0.452. The number of hydrogen-bond donors (Lipinski definition) is 13. The molecule has 0 saturated carbocycles. The summed E-state index contributed by atoms with van der Waals surface area (Å²) in [6, 6.07) is 10.6. The molecule has 5 aromatic rings. The number of amides is 4. The van der Waals surface area contributed by atoms with Crippen LogP contribution in [0.2, 0.25) is 0 Å². The third-order valence-corrected chi connectivity index (χ3v) is 18.2. The molecule has 1 aliphatic heterocycles. The number of anilines is 1. The summed E-state index contributed by atoms with van der Waals surface area (Å²) in [4.78, 5) is 146. The maximum absolute atomic E-state index is 13.8. The molecule has 3 heterocycles. The first-order valence-corrected chi connectivity index (χ1v) is 36.1. The van der Waals surface area contributed by atoms with E-state index in [0.29, 0.717) is 61.7 Å². The van der Waals surface area contributed by atoms with Crippen molar-refractivity contribution in [2.75, 3.05) is 150 Å². The molecule has 1 saturated heterocycles. The van der Waals surface area contributed by atoms with E-state index in [0.717, 1.165) is 5.56 Å². The Morgan fingerprint density at radius 2 is 1.17 bits per heavy atom. The molecule has 103 heavy (non-hydrogen) atoms. The number of benzene rings is 3. The molecule has 0 aliphatic carbocycles. The van der Waals surface area contributed by atoms with Crippen LogP contribution in [0.1, 0.15) is 58.3 Å². The normalized spacial score (nSPS) is 14.5. The molecular weight excluding hydrogens is 1390 g/mol. The molecule has 0 radical (unpaired) electrons. The lowest BCUT2D eigenvalue weighted by Crippen LogP contribution is -2.53. The van der Waals surface area contributed by atoms with Gasteiger partial charge in [-0.1, -0.05) is 18.2 Å². The highest BCUT2D eigenvalue weighted by Crippen LogP contribution is 2.37. The predicted molar refractivity (Wildman–Crippen MR) is 371 cm³/mol. The standard InChI is InChI=1S/C65H92N13O23PS/c1-44-33-49(34-45(2)61(44)103(95,96)73-53(64(90)91)38-70-62(88)51-39-74(3)54-36-47(10-13-50(54)60(51)87)37-71-65-68-16-17-69-65)100-28-4-7-55(79)66-14-5-26-97-29-31-99-32-30-98-27-6-15-67-63(89)52(35-46-8-11-48(12-9-46)101-102(92,93)94)72-56(80)40-75-18-20-76(41-57(81)82)22-24-78(43-59(85)86)25-23-77(21-19-75)42-58(83)84/h8-13,16-17,33-34,36,39,52-53,73H,4-7,14-15,18-32,35,37-38,40-43H2,1-3H3,(H,66,79)(H,67,89)(H,70,88)(H,72,80)(H,81,82)(H,83,84)(H,85,86)(H,90,91)(H2,68,69,71)(H2,92,93,94)/t52-,53+/m1/s1. The number of aryl methyl sites for hydroxylation is 3. The van der Waals surface area contributed by atoms with Crippen molar-refractivity contribution in [1.29, 1.82) is 0 Å². The second-order valence-corrected chi connectivity index (χ2v) is 27.0. The molecule has 1 fully saturated rings. The Kier molecular flexibility index (Phi) is 33.8. The molecule has 2 atom stereocenters. The Hall–Kier alpha value is -8.98. The Bertz CT molecular complexity index is 3830. The summed E-state index contributed by atoms with van der Waals surface area (Å²) in [7, 11) is -7.70. The van der Waals surface area contributed by atoms with Gasteiger partial charge in [-0.25, -0.2) is 18.0 Å². The molecule has 0 bridgehead atoms. The lowest BCUT2D eigenvalue weighted by atomic mass is 10.0. The van der Waals surface area contributed by atoms with Gasteiger partial charge in [0.05, 0.1) is 69.6 Å². The smallest absolute Gasteiger partial charge is 0.494 e. The fraction of sp³-hybridized carbons (Fsp3) is 0.508. The van der Waals surface area contributed by atoms with E-state index in [1.54, 1.807) is 61.8 Å². The van der Waals surface area contributed by atoms with Crippen LogP contribution in [0.3, 0.4) is 0 Å². The summed E-state index contributed by atoms with van der Waals surface area (Å²) in [6.45, 7) is 5.01. The highest BCUT2D eigenvalue weighted by atomic mass is 32.2. The molecule has 38 heteroatoms. The third-order valence-electron chi connectivity index (χ3n) is 15.9. The molecule has 1 aliphatic rings. The highest BCUT2D eigenvalue weighted by Gasteiger charge is 2.31. The van der Waals surface area contributed by atoms with E-state index < -0.39 is 83.5 Å². The molecule has 36 nitrogen and oxygen atoms in total. The number of aromatic nitrogens is 3. The monoisotopic (exact) mass is 1490 g/mol. The number of rotatable bonds is 43. The van der Waals surface area contributed by atoms with Gasteiger partial charge in [0.15, 0.2) is 5.95 Å². The Labute approximate surface area is 594 Å². The van der Waals surface area contributed by atoms with Crippen molar-refractivity contribution in [3.8, 4) is 11.5 Å². The number of nitrogens with one attached hydrogen (secondary N) is 7. The number of ether oxygens (including phenoxy) is 4. The molecule has 566 valence electrons. The van der Waals surface area contributed by atoms with Crippen LogP contribution >= 0.6 is 7.82 Å². The van der Waals surface area contributed by atoms with Gasteiger partial charge in [0, 0.05) is 136 Å². The number of pyridine rings is 1. The topological polar surface area (TPSA) is 491 Å². The Morgan fingerprint density at radius 1 is 0.641 bits per heavy atom. The quantitative estimate of drug-likeness (QED) is 0.0174.